The molecule has 2 aliphatic rings. The molecule has 308 valence electrons. The first-order valence-corrected chi connectivity index (χ1v) is 23.3. The van der Waals surface area contributed by atoms with Crippen LogP contribution in [0.15, 0.2) is 84.9 Å². The summed E-state index contributed by atoms with van der Waals surface area (Å²) in [5, 5.41) is 0. The largest absolute Gasteiger partial charge is 0.356 e. The summed E-state index contributed by atoms with van der Waals surface area (Å²) in [5.41, 5.74) is 7.48. The Balaban J connectivity index is 1.29. The number of halogens is 2. The quantitative estimate of drug-likeness (QED) is 0.0813. The Morgan fingerprint density at radius 1 is 0.474 bits per heavy atom. The molecule has 6 rings (SSSR count). The lowest BCUT2D eigenvalue weighted by atomic mass is 9.76. The summed E-state index contributed by atoms with van der Waals surface area (Å²) >= 11 is 0. The van der Waals surface area contributed by atoms with Crippen molar-refractivity contribution in [2.24, 2.45) is 11.8 Å². The minimum atomic E-state index is -0.716. The van der Waals surface area contributed by atoms with Gasteiger partial charge in [0.1, 0.15) is 23.8 Å². The van der Waals surface area contributed by atoms with E-state index in [1.54, 1.807) is 12.1 Å². The fourth-order valence-electron chi connectivity index (χ4n) is 10.0. The second-order valence-corrected chi connectivity index (χ2v) is 17.9. The maximum Gasteiger partial charge on any atom is 0.129 e. The van der Waals surface area contributed by atoms with Gasteiger partial charge in [0.2, 0.25) is 0 Å². The van der Waals surface area contributed by atoms with Gasteiger partial charge in [0.25, 0.3) is 0 Å². The van der Waals surface area contributed by atoms with Gasteiger partial charge in [-0.3, -0.25) is 0 Å². The molecule has 0 bridgehead atoms. The number of unbranched alkanes of at least 4 members (excludes halogenated alkanes) is 4. The van der Waals surface area contributed by atoms with Gasteiger partial charge in [-0.05, 0) is 133 Å². The minimum Gasteiger partial charge on any atom is -0.356 e. The average Bonchev–Trinajstić information content (AvgIpc) is 3.23. The lowest BCUT2D eigenvalue weighted by molar-refractivity contribution is 0.0270. The number of hydrogen-bond acceptors (Lipinski definition) is 1. The molecule has 57 heavy (non-hydrogen) atoms. The van der Waals surface area contributed by atoms with Crippen LogP contribution in [0.4, 0.5) is 8.78 Å². The standard InChI is InChI=1S/C54H72F2O/c1-5-9-11-15-41-17-25-43(26-18-41)47-33-35-49(51(55)37-47)53(45-29-21-39(13-7-3)22-30-45)57-54(46-31-23-40(14-8-4)24-32-46)50-36-34-48(38-52(50)56)44-27-19-42(20-28-44)16-12-10-6-2/h21-24,29-38,41-44,53-54H,5-20,25-28H2,1-4H3/t41-,42-,43-,44-,53?,54?. The molecule has 2 unspecified atom stereocenters. The van der Waals surface area contributed by atoms with Crippen LogP contribution in [0, 0.1) is 23.5 Å². The molecule has 4 aromatic carbocycles. The van der Waals surface area contributed by atoms with E-state index in [2.05, 4.69) is 88.4 Å². The summed E-state index contributed by atoms with van der Waals surface area (Å²) in [7, 11) is 0. The molecule has 2 saturated carbocycles. The third kappa shape index (κ3) is 11.9. The summed E-state index contributed by atoms with van der Waals surface area (Å²) in [5.74, 6) is 1.92. The van der Waals surface area contributed by atoms with Crippen molar-refractivity contribution in [1.29, 1.82) is 0 Å². The second kappa shape index (κ2) is 22.2. The highest BCUT2D eigenvalue weighted by Crippen LogP contribution is 2.43. The van der Waals surface area contributed by atoms with Crippen LogP contribution in [0.1, 0.15) is 212 Å². The van der Waals surface area contributed by atoms with E-state index in [1.165, 1.54) is 88.2 Å². The molecule has 0 radical (unpaired) electrons. The normalized spacial score (nSPS) is 21.0. The van der Waals surface area contributed by atoms with E-state index < -0.39 is 12.2 Å². The van der Waals surface area contributed by atoms with Crippen LogP contribution < -0.4 is 0 Å². The van der Waals surface area contributed by atoms with Crippen molar-refractivity contribution in [3.63, 3.8) is 0 Å². The SMILES string of the molecule is CCCCC[C@H]1CC[C@H](c2ccc(C(OC(c3ccc(CCC)cc3)c3ccc([C@H]4CC[C@H](CCCCC)CC4)cc3F)c3ccc(CCC)cc3)c(F)c2)CC1. The zero-order valence-electron chi connectivity index (χ0n) is 35.9. The molecule has 2 aliphatic carbocycles. The molecular weight excluding hydrogens is 703 g/mol. The van der Waals surface area contributed by atoms with Crippen molar-refractivity contribution >= 4 is 0 Å². The number of rotatable bonds is 20. The lowest BCUT2D eigenvalue weighted by Gasteiger charge is -2.31. The van der Waals surface area contributed by atoms with E-state index in [4.69, 9.17) is 4.74 Å². The van der Waals surface area contributed by atoms with Gasteiger partial charge < -0.3 is 4.74 Å². The topological polar surface area (TPSA) is 9.23 Å². The molecule has 4 aromatic rings. The average molecular weight is 775 g/mol. The van der Waals surface area contributed by atoms with Gasteiger partial charge in [-0.2, -0.15) is 0 Å². The monoisotopic (exact) mass is 775 g/mol. The number of benzene rings is 4. The molecule has 0 saturated heterocycles. The highest BCUT2D eigenvalue weighted by molar-refractivity contribution is 5.39. The van der Waals surface area contributed by atoms with Gasteiger partial charge in [-0.25, -0.2) is 8.78 Å². The second-order valence-electron chi connectivity index (χ2n) is 17.9. The molecule has 2 atom stereocenters. The van der Waals surface area contributed by atoms with E-state index in [9.17, 15) is 0 Å². The zero-order valence-corrected chi connectivity index (χ0v) is 35.9. The Bertz CT molecular complexity index is 1630. The molecule has 0 aliphatic heterocycles. The molecule has 0 heterocycles. The van der Waals surface area contributed by atoms with Gasteiger partial charge in [0, 0.05) is 11.1 Å². The summed E-state index contributed by atoms with van der Waals surface area (Å²) < 4.78 is 40.6. The summed E-state index contributed by atoms with van der Waals surface area (Å²) in [6.07, 6.45) is 22.6. The van der Waals surface area contributed by atoms with Crippen molar-refractivity contribution in [1.82, 2.24) is 0 Å². The molecule has 0 N–H and O–H groups in total. The van der Waals surface area contributed by atoms with E-state index in [0.717, 1.165) is 85.5 Å². The zero-order chi connectivity index (χ0) is 40.0. The molecule has 0 amide bonds. The first-order valence-electron chi connectivity index (χ1n) is 23.3. The van der Waals surface area contributed by atoms with Crippen LogP contribution in [0.5, 0.6) is 0 Å². The predicted molar refractivity (Wildman–Crippen MR) is 236 cm³/mol. The molecule has 2 fully saturated rings. The maximum atomic E-state index is 16.7. The Morgan fingerprint density at radius 3 is 1.19 bits per heavy atom. The highest BCUT2D eigenvalue weighted by atomic mass is 19.1. The van der Waals surface area contributed by atoms with Crippen LogP contribution in [-0.2, 0) is 17.6 Å². The Morgan fingerprint density at radius 2 is 0.860 bits per heavy atom. The van der Waals surface area contributed by atoms with Gasteiger partial charge >= 0.3 is 0 Å². The molecular formula is C54H72F2O. The number of ether oxygens (including phenoxy) is 1. The van der Waals surface area contributed by atoms with Crippen molar-refractivity contribution < 1.29 is 13.5 Å². The third-order valence-electron chi connectivity index (χ3n) is 13.6. The van der Waals surface area contributed by atoms with Crippen LogP contribution in [0.25, 0.3) is 0 Å². The fraction of sp³-hybridized carbons (Fsp3) is 0.556. The lowest BCUT2D eigenvalue weighted by Crippen LogP contribution is -2.17. The van der Waals surface area contributed by atoms with Gasteiger partial charge in [0.15, 0.2) is 0 Å². The Labute approximate surface area is 345 Å². The Kier molecular flexibility index (Phi) is 16.8. The van der Waals surface area contributed by atoms with Crippen LogP contribution in [0.3, 0.4) is 0 Å². The molecule has 1 nitrogen and oxygen atoms in total. The van der Waals surface area contributed by atoms with Crippen molar-refractivity contribution in [2.75, 3.05) is 0 Å². The van der Waals surface area contributed by atoms with Crippen molar-refractivity contribution in [3.8, 4) is 0 Å². The van der Waals surface area contributed by atoms with Gasteiger partial charge in [0.05, 0.1) is 0 Å². The third-order valence-corrected chi connectivity index (χ3v) is 13.6. The smallest absolute Gasteiger partial charge is 0.129 e. The fourth-order valence-corrected chi connectivity index (χ4v) is 10.0. The number of aryl methyl sites for hydroxylation is 2. The predicted octanol–water partition coefficient (Wildman–Crippen LogP) is 16.5. The van der Waals surface area contributed by atoms with Gasteiger partial charge in [-0.1, -0.05) is 165 Å². The maximum absolute atomic E-state index is 16.7. The summed E-state index contributed by atoms with van der Waals surface area (Å²) in [6.45, 7) is 8.91. The van der Waals surface area contributed by atoms with Crippen LogP contribution >= 0.6 is 0 Å². The summed E-state index contributed by atoms with van der Waals surface area (Å²) in [6, 6.07) is 28.7. The Hall–Kier alpha value is -3.30. The molecule has 0 aromatic heterocycles. The van der Waals surface area contributed by atoms with Crippen LogP contribution in [0.2, 0.25) is 0 Å². The van der Waals surface area contributed by atoms with E-state index in [0.29, 0.717) is 23.0 Å². The van der Waals surface area contributed by atoms with Crippen molar-refractivity contribution in [3.05, 3.63) is 141 Å². The van der Waals surface area contributed by atoms with Crippen molar-refractivity contribution in [2.45, 2.75) is 180 Å². The molecule has 0 spiro atoms. The van der Waals surface area contributed by atoms with E-state index in [-0.39, 0.29) is 11.6 Å². The van der Waals surface area contributed by atoms with E-state index in [1.807, 2.05) is 12.1 Å². The van der Waals surface area contributed by atoms with Gasteiger partial charge in [-0.15, -0.1) is 0 Å². The number of hydrogen-bond donors (Lipinski definition) is 0. The first kappa shape index (κ1) is 43.3. The summed E-state index contributed by atoms with van der Waals surface area (Å²) in [4.78, 5) is 0. The van der Waals surface area contributed by atoms with E-state index >= 15 is 8.78 Å². The first-order chi connectivity index (χ1) is 27.9. The minimum absolute atomic E-state index is 0.238. The van der Waals surface area contributed by atoms with Crippen LogP contribution in [-0.4, -0.2) is 0 Å². The highest BCUT2D eigenvalue weighted by Gasteiger charge is 2.30. The molecule has 3 heteroatoms.